The molecule has 0 unspecified atom stereocenters. The molecule has 0 aliphatic heterocycles. The maximum absolute atomic E-state index is 13.4. The standard InChI is InChI=1S/C11H16BFO3/c1-3-9(4-2)16-11-7-8(12(14)15)5-6-10(11)13/h5-7,9,14-15H,3-4H2,1-2H3. The van der Waals surface area contributed by atoms with Crippen LogP contribution in [0.2, 0.25) is 0 Å². The van der Waals surface area contributed by atoms with Crippen molar-refractivity contribution in [2.75, 3.05) is 0 Å². The second-order valence-corrected chi connectivity index (χ2v) is 3.62. The Bertz CT molecular complexity index is 340. The first-order chi connectivity index (χ1) is 7.58. The number of benzene rings is 1. The Labute approximate surface area is 95.0 Å². The van der Waals surface area contributed by atoms with Crippen LogP contribution in [0.1, 0.15) is 26.7 Å². The van der Waals surface area contributed by atoms with Crippen LogP contribution in [0, 0.1) is 5.82 Å². The molecule has 88 valence electrons. The van der Waals surface area contributed by atoms with Gasteiger partial charge in [0.25, 0.3) is 0 Å². The largest absolute Gasteiger partial charge is 0.488 e. The second-order valence-electron chi connectivity index (χ2n) is 3.62. The third kappa shape index (κ3) is 3.22. The summed E-state index contributed by atoms with van der Waals surface area (Å²) in [5, 5.41) is 17.9. The molecule has 1 aromatic rings. The summed E-state index contributed by atoms with van der Waals surface area (Å²) in [6.07, 6.45) is 1.50. The zero-order valence-corrected chi connectivity index (χ0v) is 9.48. The lowest BCUT2D eigenvalue weighted by atomic mass is 9.80. The lowest BCUT2D eigenvalue weighted by molar-refractivity contribution is 0.184. The van der Waals surface area contributed by atoms with Crippen molar-refractivity contribution in [3.05, 3.63) is 24.0 Å². The Balaban J connectivity index is 2.89. The van der Waals surface area contributed by atoms with Gasteiger partial charge in [-0.2, -0.15) is 0 Å². The van der Waals surface area contributed by atoms with Crippen LogP contribution in [0.25, 0.3) is 0 Å². The maximum Gasteiger partial charge on any atom is 0.488 e. The first-order valence-electron chi connectivity index (χ1n) is 5.40. The molecule has 5 heteroatoms. The van der Waals surface area contributed by atoms with E-state index >= 15 is 0 Å². The predicted molar refractivity (Wildman–Crippen MR) is 61.2 cm³/mol. The van der Waals surface area contributed by atoms with Crippen molar-refractivity contribution in [1.82, 2.24) is 0 Å². The lowest BCUT2D eigenvalue weighted by Gasteiger charge is -2.16. The van der Waals surface area contributed by atoms with E-state index in [-0.39, 0.29) is 17.3 Å². The van der Waals surface area contributed by atoms with Crippen molar-refractivity contribution in [2.24, 2.45) is 0 Å². The summed E-state index contributed by atoms with van der Waals surface area (Å²) in [5.41, 5.74) is 0.224. The zero-order chi connectivity index (χ0) is 12.1. The molecule has 0 amide bonds. The highest BCUT2D eigenvalue weighted by molar-refractivity contribution is 6.58. The summed E-state index contributed by atoms with van der Waals surface area (Å²) in [6, 6.07) is 3.81. The molecule has 0 aliphatic rings. The minimum absolute atomic E-state index is 0.0550. The van der Waals surface area contributed by atoms with Gasteiger partial charge < -0.3 is 14.8 Å². The van der Waals surface area contributed by atoms with Crippen molar-refractivity contribution >= 4 is 12.6 Å². The van der Waals surface area contributed by atoms with Gasteiger partial charge in [-0.1, -0.05) is 19.9 Å². The Hall–Kier alpha value is -1.07. The van der Waals surface area contributed by atoms with Gasteiger partial charge in [0, 0.05) is 0 Å². The summed E-state index contributed by atoms with van der Waals surface area (Å²) in [6.45, 7) is 3.91. The fraction of sp³-hybridized carbons (Fsp3) is 0.455. The number of ether oxygens (including phenoxy) is 1. The molecular formula is C11H16BFO3. The summed E-state index contributed by atoms with van der Waals surface area (Å²) < 4.78 is 18.8. The van der Waals surface area contributed by atoms with Crippen LogP contribution >= 0.6 is 0 Å². The highest BCUT2D eigenvalue weighted by Crippen LogP contribution is 2.18. The second kappa shape index (κ2) is 5.87. The Morgan fingerprint density at radius 1 is 1.31 bits per heavy atom. The summed E-state index contributed by atoms with van der Waals surface area (Å²) in [4.78, 5) is 0. The lowest BCUT2D eigenvalue weighted by Crippen LogP contribution is -2.30. The predicted octanol–water partition coefficient (Wildman–Crippen LogP) is 1.07. The molecule has 0 heterocycles. The van der Waals surface area contributed by atoms with E-state index in [0.717, 1.165) is 12.8 Å². The van der Waals surface area contributed by atoms with E-state index in [2.05, 4.69) is 0 Å². The molecule has 0 spiro atoms. The minimum Gasteiger partial charge on any atom is -0.487 e. The Kier molecular flexibility index (Phi) is 4.77. The molecule has 0 saturated carbocycles. The normalized spacial score (nSPS) is 10.6. The molecule has 0 bridgehead atoms. The van der Waals surface area contributed by atoms with E-state index in [1.807, 2.05) is 13.8 Å². The molecular weight excluding hydrogens is 210 g/mol. The fourth-order valence-corrected chi connectivity index (χ4v) is 1.41. The van der Waals surface area contributed by atoms with E-state index in [1.54, 1.807) is 0 Å². The van der Waals surface area contributed by atoms with Crippen LogP contribution in [0.3, 0.4) is 0 Å². The van der Waals surface area contributed by atoms with Crippen molar-refractivity contribution < 1.29 is 19.2 Å². The molecule has 0 fully saturated rings. The maximum atomic E-state index is 13.4. The molecule has 1 aromatic carbocycles. The third-order valence-electron chi connectivity index (χ3n) is 2.46. The molecule has 1 rings (SSSR count). The number of halogens is 1. The van der Waals surface area contributed by atoms with Gasteiger partial charge in [-0.15, -0.1) is 0 Å². The van der Waals surface area contributed by atoms with Crippen molar-refractivity contribution in [2.45, 2.75) is 32.8 Å². The van der Waals surface area contributed by atoms with Crippen LogP contribution < -0.4 is 10.2 Å². The van der Waals surface area contributed by atoms with E-state index < -0.39 is 12.9 Å². The van der Waals surface area contributed by atoms with Gasteiger partial charge in [-0.3, -0.25) is 0 Å². The van der Waals surface area contributed by atoms with E-state index in [9.17, 15) is 4.39 Å². The van der Waals surface area contributed by atoms with Gasteiger partial charge in [0.05, 0.1) is 6.10 Å². The van der Waals surface area contributed by atoms with E-state index in [0.29, 0.717) is 0 Å². The van der Waals surface area contributed by atoms with Crippen LogP contribution in [-0.4, -0.2) is 23.3 Å². The van der Waals surface area contributed by atoms with Crippen molar-refractivity contribution in [3.63, 3.8) is 0 Å². The highest BCUT2D eigenvalue weighted by atomic mass is 19.1. The Morgan fingerprint density at radius 2 is 1.94 bits per heavy atom. The zero-order valence-electron chi connectivity index (χ0n) is 9.48. The molecule has 0 atom stereocenters. The number of hydrogen-bond acceptors (Lipinski definition) is 3. The first kappa shape index (κ1) is 13.0. The summed E-state index contributed by atoms with van der Waals surface area (Å²) >= 11 is 0. The average molecular weight is 226 g/mol. The van der Waals surface area contributed by atoms with Crippen LogP contribution in [0.15, 0.2) is 18.2 Å². The SMILES string of the molecule is CCC(CC)Oc1cc(B(O)O)ccc1F. The smallest absolute Gasteiger partial charge is 0.487 e. The molecule has 0 aliphatic carbocycles. The molecule has 2 N–H and O–H groups in total. The van der Waals surface area contributed by atoms with Gasteiger partial charge in [0.1, 0.15) is 0 Å². The van der Waals surface area contributed by atoms with Gasteiger partial charge in [0.15, 0.2) is 11.6 Å². The number of rotatable bonds is 5. The van der Waals surface area contributed by atoms with Crippen LogP contribution in [-0.2, 0) is 0 Å². The van der Waals surface area contributed by atoms with Gasteiger partial charge in [0.2, 0.25) is 0 Å². The van der Waals surface area contributed by atoms with Gasteiger partial charge in [-0.05, 0) is 30.4 Å². The van der Waals surface area contributed by atoms with Crippen molar-refractivity contribution in [3.8, 4) is 5.75 Å². The molecule has 16 heavy (non-hydrogen) atoms. The molecule has 0 saturated heterocycles. The monoisotopic (exact) mass is 226 g/mol. The van der Waals surface area contributed by atoms with Gasteiger partial charge in [-0.25, -0.2) is 4.39 Å². The summed E-state index contributed by atoms with van der Waals surface area (Å²) in [5.74, 6) is -0.421. The number of hydrogen-bond donors (Lipinski definition) is 2. The quantitative estimate of drug-likeness (QED) is 0.738. The van der Waals surface area contributed by atoms with Crippen molar-refractivity contribution in [1.29, 1.82) is 0 Å². The highest BCUT2D eigenvalue weighted by Gasteiger charge is 2.16. The van der Waals surface area contributed by atoms with Gasteiger partial charge >= 0.3 is 7.12 Å². The van der Waals surface area contributed by atoms with E-state index in [1.165, 1.54) is 18.2 Å². The summed E-state index contributed by atoms with van der Waals surface area (Å²) in [7, 11) is -1.61. The molecule has 0 aromatic heterocycles. The van der Waals surface area contributed by atoms with E-state index in [4.69, 9.17) is 14.8 Å². The fourth-order valence-electron chi connectivity index (χ4n) is 1.41. The molecule has 0 radical (unpaired) electrons. The average Bonchev–Trinajstić information content (AvgIpc) is 2.27. The third-order valence-corrected chi connectivity index (χ3v) is 2.46. The minimum atomic E-state index is -1.61. The topological polar surface area (TPSA) is 49.7 Å². The molecule has 3 nitrogen and oxygen atoms in total. The van der Waals surface area contributed by atoms with Crippen LogP contribution in [0.5, 0.6) is 5.75 Å². The first-order valence-corrected chi connectivity index (χ1v) is 5.40. The Morgan fingerprint density at radius 3 is 2.44 bits per heavy atom. The van der Waals surface area contributed by atoms with Crippen LogP contribution in [0.4, 0.5) is 4.39 Å².